The van der Waals surface area contributed by atoms with E-state index in [1.807, 2.05) is 6.07 Å². The van der Waals surface area contributed by atoms with E-state index in [-0.39, 0.29) is 42.0 Å². The summed E-state index contributed by atoms with van der Waals surface area (Å²) in [5.74, 6) is -0.945. The van der Waals surface area contributed by atoms with E-state index in [1.54, 1.807) is 23.1 Å². The molecule has 3 rings (SSSR count). The molecule has 0 saturated carbocycles. The van der Waals surface area contributed by atoms with Crippen LogP contribution in [0.15, 0.2) is 47.4 Å². The summed E-state index contributed by atoms with van der Waals surface area (Å²) in [6.45, 7) is 0.648. The summed E-state index contributed by atoms with van der Waals surface area (Å²) in [5, 5.41) is 8.68. The Hall–Kier alpha value is -2.47. The van der Waals surface area contributed by atoms with Gasteiger partial charge in [0.2, 0.25) is 10.0 Å². The molecule has 9 heteroatoms. The number of sulfonamides is 1. The molecule has 0 radical (unpaired) electrons. The van der Waals surface area contributed by atoms with Crippen molar-refractivity contribution in [1.29, 1.82) is 5.26 Å². The molecule has 1 aliphatic heterocycles. The van der Waals surface area contributed by atoms with Gasteiger partial charge >= 0.3 is 0 Å². The quantitative estimate of drug-likeness (QED) is 0.782. The summed E-state index contributed by atoms with van der Waals surface area (Å²) in [5.41, 5.74) is 0.769. The van der Waals surface area contributed by atoms with Crippen LogP contribution in [-0.4, -0.2) is 49.7 Å². The molecule has 0 spiro atoms. The van der Waals surface area contributed by atoms with Crippen LogP contribution in [0.4, 0.5) is 4.39 Å². The van der Waals surface area contributed by atoms with Gasteiger partial charge < -0.3 is 4.90 Å². The smallest absolute Gasteiger partial charge is 0.253 e. The van der Waals surface area contributed by atoms with Crippen LogP contribution >= 0.6 is 11.6 Å². The van der Waals surface area contributed by atoms with Crippen molar-refractivity contribution < 1.29 is 17.6 Å². The molecule has 2 aromatic carbocycles. The molecule has 1 amide bonds. The van der Waals surface area contributed by atoms with Crippen LogP contribution in [0.2, 0.25) is 5.02 Å². The fourth-order valence-electron chi connectivity index (χ4n) is 2.82. The maximum atomic E-state index is 13.3. The van der Waals surface area contributed by atoms with Crippen molar-refractivity contribution in [3.8, 4) is 6.07 Å². The second-order valence-electron chi connectivity index (χ2n) is 5.96. The Bertz CT molecular complexity index is 1030. The molecule has 1 aliphatic rings. The molecule has 27 heavy (non-hydrogen) atoms. The van der Waals surface area contributed by atoms with E-state index in [9.17, 15) is 17.6 Å². The Labute approximate surface area is 161 Å². The summed E-state index contributed by atoms with van der Waals surface area (Å²) in [4.78, 5) is 14.0. The minimum Gasteiger partial charge on any atom is -0.336 e. The lowest BCUT2D eigenvalue weighted by Crippen LogP contribution is -2.50. The van der Waals surface area contributed by atoms with Gasteiger partial charge in [0.1, 0.15) is 5.82 Å². The van der Waals surface area contributed by atoms with Crippen molar-refractivity contribution in [1.82, 2.24) is 9.21 Å². The molecule has 0 N–H and O–H groups in total. The van der Waals surface area contributed by atoms with Crippen LogP contribution < -0.4 is 0 Å². The molecular formula is C18H15ClFN3O3S. The molecule has 140 valence electrons. The number of rotatable bonds is 3. The minimum atomic E-state index is -3.82. The van der Waals surface area contributed by atoms with Gasteiger partial charge in [-0.25, -0.2) is 12.8 Å². The monoisotopic (exact) mass is 407 g/mol. The fraction of sp³-hybridized carbons (Fsp3) is 0.222. The van der Waals surface area contributed by atoms with Crippen molar-refractivity contribution in [2.24, 2.45) is 0 Å². The van der Waals surface area contributed by atoms with Crippen LogP contribution in [0.1, 0.15) is 15.9 Å². The first-order valence-corrected chi connectivity index (χ1v) is 9.89. The normalized spacial score (nSPS) is 15.4. The first kappa shape index (κ1) is 19.3. The molecule has 6 nitrogen and oxygen atoms in total. The van der Waals surface area contributed by atoms with Crippen LogP contribution in [0.25, 0.3) is 0 Å². The van der Waals surface area contributed by atoms with E-state index >= 15 is 0 Å². The second-order valence-corrected chi connectivity index (χ2v) is 8.31. The SMILES string of the molecule is N#Cc1cccc(C(=O)N2CCN(S(=O)(=O)c3ccc(F)c(Cl)c3)CC2)c1. The topological polar surface area (TPSA) is 81.5 Å². The summed E-state index contributed by atoms with van der Waals surface area (Å²) < 4.78 is 39.9. The van der Waals surface area contributed by atoms with Crippen molar-refractivity contribution in [3.63, 3.8) is 0 Å². The highest BCUT2D eigenvalue weighted by Gasteiger charge is 2.30. The number of amides is 1. The van der Waals surface area contributed by atoms with E-state index in [0.29, 0.717) is 11.1 Å². The van der Waals surface area contributed by atoms with Gasteiger partial charge in [-0.2, -0.15) is 9.57 Å². The molecule has 1 heterocycles. The summed E-state index contributed by atoms with van der Waals surface area (Å²) in [7, 11) is -3.82. The number of halogens is 2. The van der Waals surface area contributed by atoms with E-state index in [4.69, 9.17) is 16.9 Å². The van der Waals surface area contributed by atoms with Gasteiger partial charge in [-0.1, -0.05) is 17.7 Å². The van der Waals surface area contributed by atoms with Crippen LogP contribution in [0.5, 0.6) is 0 Å². The third-order valence-corrected chi connectivity index (χ3v) is 6.48. The fourth-order valence-corrected chi connectivity index (χ4v) is 4.52. The minimum absolute atomic E-state index is 0.0876. The Kier molecular flexibility index (Phi) is 5.46. The maximum Gasteiger partial charge on any atom is 0.253 e. The average molecular weight is 408 g/mol. The Balaban J connectivity index is 1.71. The number of benzene rings is 2. The highest BCUT2D eigenvalue weighted by atomic mass is 35.5. The first-order chi connectivity index (χ1) is 12.8. The molecule has 0 atom stereocenters. The van der Waals surface area contributed by atoms with Gasteiger partial charge in [-0.3, -0.25) is 4.79 Å². The maximum absolute atomic E-state index is 13.3. The van der Waals surface area contributed by atoms with Crippen molar-refractivity contribution in [2.75, 3.05) is 26.2 Å². The number of carbonyl (C=O) groups is 1. The van der Waals surface area contributed by atoms with Gasteiger partial charge in [0, 0.05) is 31.7 Å². The molecule has 0 unspecified atom stereocenters. The number of carbonyl (C=O) groups excluding carboxylic acids is 1. The number of hydrogen-bond acceptors (Lipinski definition) is 4. The first-order valence-electron chi connectivity index (χ1n) is 8.07. The zero-order chi connectivity index (χ0) is 19.6. The lowest BCUT2D eigenvalue weighted by atomic mass is 10.1. The van der Waals surface area contributed by atoms with E-state index in [0.717, 1.165) is 12.1 Å². The zero-order valence-corrected chi connectivity index (χ0v) is 15.7. The summed E-state index contributed by atoms with van der Waals surface area (Å²) in [6.07, 6.45) is 0. The molecule has 0 bridgehead atoms. The number of piperazine rings is 1. The molecule has 1 saturated heterocycles. The molecular weight excluding hydrogens is 393 g/mol. The number of nitriles is 1. The third kappa shape index (κ3) is 3.95. The largest absolute Gasteiger partial charge is 0.336 e. The van der Waals surface area contributed by atoms with Crippen LogP contribution in [0, 0.1) is 17.1 Å². The van der Waals surface area contributed by atoms with E-state index in [2.05, 4.69) is 0 Å². The molecule has 2 aromatic rings. The lowest BCUT2D eigenvalue weighted by molar-refractivity contribution is 0.0698. The van der Waals surface area contributed by atoms with Crippen LogP contribution in [0.3, 0.4) is 0 Å². The highest BCUT2D eigenvalue weighted by Crippen LogP contribution is 2.23. The van der Waals surface area contributed by atoms with E-state index < -0.39 is 15.8 Å². The highest BCUT2D eigenvalue weighted by molar-refractivity contribution is 7.89. The van der Waals surface area contributed by atoms with Gasteiger partial charge in [0.15, 0.2) is 0 Å². The summed E-state index contributed by atoms with van der Waals surface area (Å²) in [6, 6.07) is 11.6. The second kappa shape index (κ2) is 7.64. The third-order valence-electron chi connectivity index (χ3n) is 4.29. The predicted octanol–water partition coefficient (Wildman–Crippen LogP) is 2.50. The summed E-state index contributed by atoms with van der Waals surface area (Å²) >= 11 is 5.68. The molecule has 1 fully saturated rings. The predicted molar refractivity (Wildman–Crippen MR) is 97.2 cm³/mol. The van der Waals surface area contributed by atoms with Crippen LogP contribution in [-0.2, 0) is 10.0 Å². The standard InChI is InChI=1S/C18H15ClFN3O3S/c19-16-11-15(4-5-17(16)20)27(25,26)23-8-6-22(7-9-23)18(24)14-3-1-2-13(10-14)12-21/h1-5,10-11H,6-9H2. The Morgan fingerprint density at radius 1 is 1.11 bits per heavy atom. The number of hydrogen-bond donors (Lipinski definition) is 0. The van der Waals surface area contributed by atoms with Crippen molar-refractivity contribution >= 4 is 27.5 Å². The van der Waals surface area contributed by atoms with Gasteiger partial charge in [0.25, 0.3) is 5.91 Å². The number of nitrogens with zero attached hydrogens (tertiary/aromatic N) is 3. The van der Waals surface area contributed by atoms with Gasteiger partial charge in [0.05, 0.1) is 21.6 Å². The zero-order valence-electron chi connectivity index (χ0n) is 14.1. The lowest BCUT2D eigenvalue weighted by Gasteiger charge is -2.34. The van der Waals surface area contributed by atoms with Crippen molar-refractivity contribution in [3.05, 3.63) is 64.4 Å². The van der Waals surface area contributed by atoms with Gasteiger partial charge in [-0.05, 0) is 36.4 Å². The Morgan fingerprint density at radius 2 is 1.81 bits per heavy atom. The van der Waals surface area contributed by atoms with E-state index in [1.165, 1.54) is 16.4 Å². The molecule has 0 aromatic heterocycles. The molecule has 0 aliphatic carbocycles. The van der Waals surface area contributed by atoms with Crippen molar-refractivity contribution in [2.45, 2.75) is 4.90 Å². The average Bonchev–Trinajstić information content (AvgIpc) is 2.69. The van der Waals surface area contributed by atoms with Gasteiger partial charge in [-0.15, -0.1) is 0 Å². The Morgan fingerprint density at radius 3 is 2.44 bits per heavy atom.